The van der Waals surface area contributed by atoms with Gasteiger partial charge in [-0.3, -0.25) is 4.79 Å². The number of hydrogen-bond donors (Lipinski definition) is 2. The zero-order valence-electron chi connectivity index (χ0n) is 14.6. The van der Waals surface area contributed by atoms with E-state index in [9.17, 15) is 4.79 Å². The monoisotopic (exact) mass is 376 g/mol. The summed E-state index contributed by atoms with van der Waals surface area (Å²) in [5.74, 6) is 0.697. The summed E-state index contributed by atoms with van der Waals surface area (Å²) in [4.78, 5) is 12.1. The zero-order valence-corrected chi connectivity index (χ0v) is 15.5. The number of anilines is 1. The molecule has 1 atom stereocenters. The van der Waals surface area contributed by atoms with E-state index < -0.39 is 0 Å². The third-order valence-electron chi connectivity index (χ3n) is 4.29. The molecule has 140 valence electrons. The molecule has 2 aromatic carbocycles. The van der Waals surface area contributed by atoms with Crippen molar-refractivity contribution in [2.45, 2.75) is 25.3 Å². The summed E-state index contributed by atoms with van der Waals surface area (Å²) in [6.07, 6.45) is 3.01. The van der Waals surface area contributed by atoms with Crippen LogP contribution in [0.3, 0.4) is 0 Å². The van der Waals surface area contributed by atoms with Crippen molar-refractivity contribution in [1.29, 1.82) is 0 Å². The summed E-state index contributed by atoms with van der Waals surface area (Å²) in [6, 6.07) is 15.5. The Morgan fingerprint density at radius 2 is 1.96 bits per heavy atom. The van der Waals surface area contributed by atoms with Crippen LogP contribution in [0.5, 0.6) is 5.75 Å². The van der Waals surface area contributed by atoms with E-state index in [2.05, 4.69) is 5.32 Å². The number of nitrogens with two attached hydrogens (primary N) is 1. The maximum absolute atomic E-state index is 12.1. The third kappa shape index (κ3) is 5.64. The van der Waals surface area contributed by atoms with Gasteiger partial charge < -0.3 is 20.5 Å². The highest BCUT2D eigenvalue weighted by molar-refractivity contribution is 5.85. The molecule has 0 heterocycles. The van der Waals surface area contributed by atoms with Crippen LogP contribution in [0, 0.1) is 0 Å². The van der Waals surface area contributed by atoms with Crippen molar-refractivity contribution in [3.05, 3.63) is 59.7 Å². The predicted octanol–water partition coefficient (Wildman–Crippen LogP) is 3.28. The largest absolute Gasteiger partial charge is 0.491 e. The van der Waals surface area contributed by atoms with Crippen molar-refractivity contribution in [1.82, 2.24) is 5.32 Å². The highest BCUT2D eigenvalue weighted by atomic mass is 35.5. The Hall–Kier alpha value is -2.24. The van der Waals surface area contributed by atoms with Gasteiger partial charge >= 0.3 is 0 Å². The minimum atomic E-state index is -0.102. The van der Waals surface area contributed by atoms with E-state index in [1.165, 1.54) is 11.1 Å². The molecule has 26 heavy (non-hydrogen) atoms. The fourth-order valence-electron chi connectivity index (χ4n) is 3.12. The normalized spacial score (nSPS) is 15.5. The van der Waals surface area contributed by atoms with E-state index in [1.807, 2.05) is 48.5 Å². The SMILES string of the molecule is Cl.Nc1ccc2c(c1)CCCC2NC(=O)COCCOc1ccccc1. The molecule has 0 aliphatic heterocycles. The van der Waals surface area contributed by atoms with Crippen LogP contribution in [-0.2, 0) is 16.0 Å². The molecule has 1 aliphatic carbocycles. The average Bonchev–Trinajstić information content (AvgIpc) is 2.62. The van der Waals surface area contributed by atoms with Gasteiger partial charge in [-0.05, 0) is 54.7 Å². The second kappa shape index (κ2) is 10.0. The Balaban J connectivity index is 0.00000243. The van der Waals surface area contributed by atoms with Crippen LogP contribution in [0.2, 0.25) is 0 Å². The number of aryl methyl sites for hydroxylation is 1. The van der Waals surface area contributed by atoms with Gasteiger partial charge in [-0.25, -0.2) is 0 Å². The second-order valence-corrected chi connectivity index (χ2v) is 6.18. The number of amides is 1. The molecule has 1 unspecified atom stereocenters. The van der Waals surface area contributed by atoms with Gasteiger partial charge in [-0.1, -0.05) is 24.3 Å². The Kier molecular flexibility index (Phi) is 7.75. The minimum Gasteiger partial charge on any atom is -0.491 e. The van der Waals surface area contributed by atoms with Gasteiger partial charge in [0.05, 0.1) is 12.6 Å². The number of rotatable bonds is 7. The molecule has 2 aromatic rings. The number of hydrogen-bond acceptors (Lipinski definition) is 4. The number of ether oxygens (including phenoxy) is 2. The Bertz CT molecular complexity index is 709. The van der Waals surface area contributed by atoms with E-state index >= 15 is 0 Å². The van der Waals surface area contributed by atoms with Crippen LogP contribution in [0.25, 0.3) is 0 Å². The first-order chi connectivity index (χ1) is 12.2. The van der Waals surface area contributed by atoms with Crippen LogP contribution >= 0.6 is 12.4 Å². The third-order valence-corrected chi connectivity index (χ3v) is 4.29. The molecule has 5 nitrogen and oxygen atoms in total. The molecule has 1 aliphatic rings. The van der Waals surface area contributed by atoms with Crippen molar-refractivity contribution in [3.63, 3.8) is 0 Å². The molecular weight excluding hydrogens is 352 g/mol. The van der Waals surface area contributed by atoms with Crippen LogP contribution in [-0.4, -0.2) is 25.7 Å². The fraction of sp³-hybridized carbons (Fsp3) is 0.350. The lowest BCUT2D eigenvalue weighted by atomic mass is 9.87. The summed E-state index contributed by atoms with van der Waals surface area (Å²) in [6.45, 7) is 0.835. The Labute approximate surface area is 160 Å². The highest BCUT2D eigenvalue weighted by Crippen LogP contribution is 2.30. The van der Waals surface area contributed by atoms with Crippen LogP contribution in [0.1, 0.15) is 30.0 Å². The van der Waals surface area contributed by atoms with Gasteiger partial charge in [0.25, 0.3) is 0 Å². The zero-order chi connectivity index (χ0) is 17.5. The number of fused-ring (bicyclic) bond motifs is 1. The highest BCUT2D eigenvalue weighted by Gasteiger charge is 2.21. The molecule has 0 spiro atoms. The summed E-state index contributed by atoms with van der Waals surface area (Å²) in [5, 5.41) is 3.06. The van der Waals surface area contributed by atoms with E-state index in [0.29, 0.717) is 13.2 Å². The van der Waals surface area contributed by atoms with Gasteiger partial charge in [-0.2, -0.15) is 0 Å². The Morgan fingerprint density at radius 1 is 1.15 bits per heavy atom. The van der Waals surface area contributed by atoms with Crippen molar-refractivity contribution < 1.29 is 14.3 Å². The lowest BCUT2D eigenvalue weighted by molar-refractivity contribution is -0.126. The van der Waals surface area contributed by atoms with Crippen molar-refractivity contribution in [2.75, 3.05) is 25.6 Å². The fourth-order valence-corrected chi connectivity index (χ4v) is 3.12. The Morgan fingerprint density at radius 3 is 2.77 bits per heavy atom. The van der Waals surface area contributed by atoms with Crippen LogP contribution in [0.15, 0.2) is 48.5 Å². The molecule has 0 saturated heterocycles. The number of halogens is 1. The molecule has 3 rings (SSSR count). The van der Waals surface area contributed by atoms with Gasteiger partial charge in [0.1, 0.15) is 19.0 Å². The maximum atomic E-state index is 12.1. The van der Waals surface area contributed by atoms with Gasteiger partial charge in [0, 0.05) is 5.69 Å². The number of carbonyl (C=O) groups is 1. The molecule has 0 fully saturated rings. The first-order valence-corrected chi connectivity index (χ1v) is 8.65. The quantitative estimate of drug-likeness (QED) is 0.574. The lowest BCUT2D eigenvalue weighted by Crippen LogP contribution is -2.34. The molecule has 0 saturated carbocycles. The molecule has 0 bridgehead atoms. The van der Waals surface area contributed by atoms with Crippen molar-refractivity contribution in [3.8, 4) is 5.75 Å². The van der Waals surface area contributed by atoms with Gasteiger partial charge in [0.15, 0.2) is 0 Å². The molecule has 6 heteroatoms. The summed E-state index contributed by atoms with van der Waals surface area (Å²) < 4.78 is 10.9. The van der Waals surface area contributed by atoms with Crippen molar-refractivity contribution >= 4 is 24.0 Å². The number of benzene rings is 2. The second-order valence-electron chi connectivity index (χ2n) is 6.18. The standard InChI is InChI=1S/C20H24N2O3.ClH/c21-16-9-10-18-15(13-16)5-4-8-19(18)22-20(23)14-24-11-12-25-17-6-2-1-3-7-17;/h1-3,6-7,9-10,13,19H,4-5,8,11-12,14,21H2,(H,22,23);1H. The van der Waals surface area contributed by atoms with E-state index in [0.717, 1.165) is 30.7 Å². The molecular formula is C20H25ClN2O3. The summed E-state index contributed by atoms with van der Waals surface area (Å²) in [7, 11) is 0. The molecule has 0 aromatic heterocycles. The summed E-state index contributed by atoms with van der Waals surface area (Å²) >= 11 is 0. The van der Waals surface area contributed by atoms with E-state index in [1.54, 1.807) is 0 Å². The first-order valence-electron chi connectivity index (χ1n) is 8.65. The predicted molar refractivity (Wildman–Crippen MR) is 105 cm³/mol. The number of carbonyl (C=O) groups excluding carboxylic acids is 1. The average molecular weight is 377 g/mol. The number of nitrogen functional groups attached to an aromatic ring is 1. The topological polar surface area (TPSA) is 73.6 Å². The molecule has 1 amide bonds. The molecule has 0 radical (unpaired) electrons. The minimum absolute atomic E-state index is 0. The smallest absolute Gasteiger partial charge is 0.246 e. The van der Waals surface area contributed by atoms with Crippen LogP contribution in [0.4, 0.5) is 5.69 Å². The first kappa shape index (κ1) is 20.1. The van der Waals surface area contributed by atoms with Gasteiger partial charge in [-0.15, -0.1) is 12.4 Å². The van der Waals surface area contributed by atoms with E-state index in [-0.39, 0.29) is 31.0 Å². The van der Waals surface area contributed by atoms with Crippen molar-refractivity contribution in [2.24, 2.45) is 0 Å². The molecule has 3 N–H and O–H groups in total. The van der Waals surface area contributed by atoms with Crippen LogP contribution < -0.4 is 15.8 Å². The lowest BCUT2D eigenvalue weighted by Gasteiger charge is -2.26. The number of nitrogens with one attached hydrogen (secondary N) is 1. The van der Waals surface area contributed by atoms with Gasteiger partial charge in [0.2, 0.25) is 5.91 Å². The summed E-state index contributed by atoms with van der Waals surface area (Å²) in [5.41, 5.74) is 9.01. The van der Waals surface area contributed by atoms with E-state index in [4.69, 9.17) is 15.2 Å². The number of para-hydroxylation sites is 1. The maximum Gasteiger partial charge on any atom is 0.246 e.